The molecule has 4 nitrogen and oxygen atoms in total. The number of nitrogens with zero attached hydrogens (tertiary/aromatic N) is 2. The van der Waals surface area contributed by atoms with Crippen LogP contribution in [0.4, 0.5) is 17.2 Å². The van der Waals surface area contributed by atoms with Crippen molar-refractivity contribution >= 4 is 40.4 Å². The Hall–Kier alpha value is -1.52. The van der Waals surface area contributed by atoms with Crippen LogP contribution in [0.5, 0.6) is 0 Å². The number of hydrogen-bond donors (Lipinski definition) is 2. The number of rotatable bonds is 2. The molecule has 6 heteroatoms. The van der Waals surface area contributed by atoms with Crippen molar-refractivity contribution in [3.8, 4) is 0 Å². The van der Waals surface area contributed by atoms with Crippen LogP contribution in [0.15, 0.2) is 30.6 Å². The molecular formula is C10H8Cl2N4. The van der Waals surface area contributed by atoms with Crippen molar-refractivity contribution in [2.45, 2.75) is 0 Å². The third kappa shape index (κ3) is 2.18. The molecule has 0 bridgehead atoms. The number of anilines is 3. The molecule has 82 valence electrons. The number of hydrogen-bond acceptors (Lipinski definition) is 4. The van der Waals surface area contributed by atoms with Gasteiger partial charge in [-0.15, -0.1) is 0 Å². The third-order valence-corrected chi connectivity index (χ3v) is 2.59. The Morgan fingerprint density at radius 1 is 1.12 bits per heavy atom. The Labute approximate surface area is 102 Å². The van der Waals surface area contributed by atoms with Crippen molar-refractivity contribution in [2.75, 3.05) is 11.1 Å². The van der Waals surface area contributed by atoms with Gasteiger partial charge >= 0.3 is 0 Å². The van der Waals surface area contributed by atoms with Crippen molar-refractivity contribution < 1.29 is 0 Å². The molecule has 0 atom stereocenters. The van der Waals surface area contributed by atoms with Crippen molar-refractivity contribution in [2.24, 2.45) is 0 Å². The minimum Gasteiger partial charge on any atom is -0.393 e. The fraction of sp³-hybridized carbons (Fsp3) is 0. The van der Waals surface area contributed by atoms with Gasteiger partial charge in [0.1, 0.15) is 12.0 Å². The molecule has 1 heterocycles. The molecule has 3 N–H and O–H groups in total. The van der Waals surface area contributed by atoms with Crippen molar-refractivity contribution in [1.29, 1.82) is 0 Å². The van der Waals surface area contributed by atoms with Gasteiger partial charge in [-0.25, -0.2) is 9.97 Å². The number of benzene rings is 1. The summed E-state index contributed by atoms with van der Waals surface area (Å²) < 4.78 is 0. The van der Waals surface area contributed by atoms with E-state index in [2.05, 4.69) is 15.3 Å². The van der Waals surface area contributed by atoms with E-state index in [9.17, 15) is 0 Å². The molecule has 0 unspecified atom stereocenters. The van der Waals surface area contributed by atoms with Gasteiger partial charge in [0.2, 0.25) is 0 Å². The van der Waals surface area contributed by atoms with Crippen molar-refractivity contribution in [1.82, 2.24) is 9.97 Å². The summed E-state index contributed by atoms with van der Waals surface area (Å²) >= 11 is 11.8. The molecule has 0 saturated carbocycles. The van der Waals surface area contributed by atoms with Gasteiger partial charge in [0, 0.05) is 0 Å². The van der Waals surface area contributed by atoms with Gasteiger partial charge in [-0.05, 0) is 12.1 Å². The number of nitrogens with two attached hydrogens (primary N) is 1. The van der Waals surface area contributed by atoms with E-state index < -0.39 is 0 Å². The summed E-state index contributed by atoms with van der Waals surface area (Å²) in [5, 5.41) is 3.78. The van der Waals surface area contributed by atoms with Gasteiger partial charge in [0.25, 0.3) is 0 Å². The first kappa shape index (κ1) is 11.0. The lowest BCUT2D eigenvalue weighted by atomic mass is 10.3. The van der Waals surface area contributed by atoms with Crippen LogP contribution >= 0.6 is 23.2 Å². The minimum atomic E-state index is 0.213. The van der Waals surface area contributed by atoms with Crippen molar-refractivity contribution in [3.63, 3.8) is 0 Å². The molecule has 16 heavy (non-hydrogen) atoms. The summed E-state index contributed by atoms with van der Waals surface area (Å²) in [6, 6.07) is 7.28. The average Bonchev–Trinajstić information content (AvgIpc) is 2.28. The highest BCUT2D eigenvalue weighted by atomic mass is 35.5. The number of nitrogens with one attached hydrogen (secondary N) is 1. The first-order valence-corrected chi connectivity index (χ1v) is 5.21. The topological polar surface area (TPSA) is 63.8 Å². The summed E-state index contributed by atoms with van der Waals surface area (Å²) in [6.07, 6.45) is 1.33. The van der Waals surface area contributed by atoms with Crippen LogP contribution in [0, 0.1) is 0 Å². The highest BCUT2D eigenvalue weighted by Crippen LogP contribution is 2.28. The van der Waals surface area contributed by atoms with Crippen LogP contribution in [0.25, 0.3) is 0 Å². The Bertz CT molecular complexity index is 516. The van der Waals surface area contributed by atoms with E-state index in [0.717, 1.165) is 0 Å². The molecule has 0 aliphatic rings. The van der Waals surface area contributed by atoms with Gasteiger partial charge in [-0.3, -0.25) is 0 Å². The van der Waals surface area contributed by atoms with Gasteiger partial charge in [0.15, 0.2) is 11.0 Å². The Morgan fingerprint density at radius 3 is 2.62 bits per heavy atom. The normalized spacial score (nSPS) is 10.1. The van der Waals surface area contributed by atoms with Crippen LogP contribution in [-0.2, 0) is 0 Å². The first-order valence-electron chi connectivity index (χ1n) is 4.46. The molecule has 0 radical (unpaired) electrons. The second-order valence-corrected chi connectivity index (χ2v) is 3.80. The zero-order valence-corrected chi connectivity index (χ0v) is 9.63. The second kappa shape index (κ2) is 4.55. The zero-order valence-electron chi connectivity index (χ0n) is 8.11. The van der Waals surface area contributed by atoms with Gasteiger partial charge in [-0.2, -0.15) is 0 Å². The lowest BCUT2D eigenvalue weighted by molar-refractivity contribution is 1.17. The summed E-state index contributed by atoms with van der Waals surface area (Å²) in [4.78, 5) is 7.74. The van der Waals surface area contributed by atoms with E-state index in [1.54, 1.807) is 6.07 Å². The average molecular weight is 255 g/mol. The summed E-state index contributed by atoms with van der Waals surface area (Å²) in [5.41, 5.74) is 6.73. The van der Waals surface area contributed by atoms with E-state index in [-0.39, 0.29) is 5.15 Å². The Balaban J connectivity index is 2.35. The van der Waals surface area contributed by atoms with Crippen LogP contribution in [-0.4, -0.2) is 9.97 Å². The van der Waals surface area contributed by atoms with E-state index in [4.69, 9.17) is 28.9 Å². The molecule has 2 aromatic rings. The lowest BCUT2D eigenvalue weighted by Gasteiger charge is -2.09. The molecule has 0 aliphatic carbocycles. The summed E-state index contributed by atoms with van der Waals surface area (Å²) in [6.45, 7) is 0. The maximum absolute atomic E-state index is 5.99. The maximum Gasteiger partial charge on any atom is 0.158 e. The first-order chi connectivity index (χ1) is 7.68. The fourth-order valence-electron chi connectivity index (χ4n) is 1.16. The summed E-state index contributed by atoms with van der Waals surface area (Å²) in [7, 11) is 0. The van der Waals surface area contributed by atoms with Crippen LogP contribution in [0.3, 0.4) is 0 Å². The third-order valence-electron chi connectivity index (χ3n) is 1.96. The largest absolute Gasteiger partial charge is 0.393 e. The fourth-order valence-corrected chi connectivity index (χ4v) is 1.48. The van der Waals surface area contributed by atoms with Crippen LogP contribution in [0.1, 0.15) is 0 Å². The highest BCUT2D eigenvalue weighted by molar-refractivity contribution is 6.33. The van der Waals surface area contributed by atoms with Crippen LogP contribution in [0.2, 0.25) is 10.2 Å². The van der Waals surface area contributed by atoms with E-state index >= 15 is 0 Å². The van der Waals surface area contributed by atoms with Gasteiger partial charge < -0.3 is 11.1 Å². The second-order valence-electron chi connectivity index (χ2n) is 3.03. The Kier molecular flexibility index (Phi) is 3.12. The molecule has 0 saturated heterocycles. The smallest absolute Gasteiger partial charge is 0.158 e. The molecular weight excluding hydrogens is 247 g/mol. The number of nitrogen functional groups attached to an aromatic ring is 1. The van der Waals surface area contributed by atoms with Gasteiger partial charge in [-0.1, -0.05) is 35.3 Å². The minimum absolute atomic E-state index is 0.213. The quantitative estimate of drug-likeness (QED) is 0.809. The highest BCUT2D eigenvalue weighted by Gasteiger charge is 2.07. The predicted molar refractivity (Wildman–Crippen MR) is 66.2 cm³/mol. The standard InChI is InChI=1S/C10H8Cl2N4/c11-6-3-1-2-4-7(6)16-10-8(13)9(12)14-5-15-10/h1-5H,13H2,(H,14,15,16). The molecule has 0 spiro atoms. The van der Waals surface area contributed by atoms with E-state index in [1.807, 2.05) is 18.2 Å². The lowest BCUT2D eigenvalue weighted by Crippen LogP contribution is -2.01. The predicted octanol–water partition coefficient (Wildman–Crippen LogP) is 3.11. The molecule has 0 aliphatic heterocycles. The maximum atomic E-state index is 5.99. The zero-order chi connectivity index (χ0) is 11.5. The molecule has 1 aromatic carbocycles. The van der Waals surface area contributed by atoms with E-state index in [0.29, 0.717) is 22.2 Å². The molecule has 1 aromatic heterocycles. The van der Waals surface area contributed by atoms with Crippen LogP contribution < -0.4 is 11.1 Å². The molecule has 0 amide bonds. The molecule has 0 fully saturated rings. The van der Waals surface area contributed by atoms with Crippen molar-refractivity contribution in [3.05, 3.63) is 40.8 Å². The molecule has 2 rings (SSSR count). The van der Waals surface area contributed by atoms with Gasteiger partial charge in [0.05, 0.1) is 10.7 Å². The number of aromatic nitrogens is 2. The SMILES string of the molecule is Nc1c(Cl)ncnc1Nc1ccccc1Cl. The monoisotopic (exact) mass is 254 g/mol. The Morgan fingerprint density at radius 2 is 1.88 bits per heavy atom. The summed E-state index contributed by atoms with van der Waals surface area (Å²) in [5.74, 6) is 0.438. The number of para-hydroxylation sites is 1. The van der Waals surface area contributed by atoms with E-state index in [1.165, 1.54) is 6.33 Å². The number of halogens is 2.